The maximum atomic E-state index is 10.8. The molecule has 0 aliphatic rings. The molecule has 0 aliphatic carbocycles. The first-order valence-electron chi connectivity index (χ1n) is 4.54. The Kier molecular flexibility index (Phi) is 3.58. The van der Waals surface area contributed by atoms with Crippen LogP contribution in [0.15, 0.2) is 12.1 Å². The molecule has 15 heavy (non-hydrogen) atoms. The van der Waals surface area contributed by atoms with Gasteiger partial charge in [0.1, 0.15) is 5.75 Å². The van der Waals surface area contributed by atoms with Gasteiger partial charge >= 0.3 is 5.97 Å². The average Bonchev–Trinajstić information content (AvgIpc) is 2.20. The van der Waals surface area contributed by atoms with Crippen molar-refractivity contribution in [3.8, 4) is 5.75 Å². The van der Waals surface area contributed by atoms with Gasteiger partial charge in [-0.1, -0.05) is 17.7 Å². The number of ether oxygens (including phenoxy) is 1. The van der Waals surface area contributed by atoms with Gasteiger partial charge in [0.25, 0.3) is 0 Å². The molecule has 1 unspecified atom stereocenters. The first-order valence-corrected chi connectivity index (χ1v) is 4.92. The standard InChI is InChI=1S/C11H13ClO3/c1-6-4-8(7(2)11(13)14)5-9(15-3)10(6)12/h4-5,7H,1-3H3,(H,13,14). The molecule has 1 rings (SSSR count). The molecule has 82 valence electrons. The Hall–Kier alpha value is -1.22. The van der Waals surface area contributed by atoms with E-state index < -0.39 is 11.9 Å². The third-order valence-corrected chi connectivity index (χ3v) is 2.82. The second-order valence-corrected chi connectivity index (χ2v) is 3.79. The van der Waals surface area contributed by atoms with Crippen molar-refractivity contribution in [3.63, 3.8) is 0 Å². The lowest BCUT2D eigenvalue weighted by Crippen LogP contribution is -2.08. The van der Waals surface area contributed by atoms with Crippen molar-refractivity contribution in [1.82, 2.24) is 0 Å². The molecule has 0 heterocycles. The normalized spacial score (nSPS) is 12.3. The molecule has 0 spiro atoms. The van der Waals surface area contributed by atoms with Crippen LogP contribution in [0, 0.1) is 6.92 Å². The molecule has 0 fully saturated rings. The average molecular weight is 229 g/mol. The summed E-state index contributed by atoms with van der Waals surface area (Å²) in [5.74, 6) is -0.909. The molecule has 0 saturated carbocycles. The lowest BCUT2D eigenvalue weighted by Gasteiger charge is -2.12. The molecular formula is C11H13ClO3. The monoisotopic (exact) mass is 228 g/mol. The van der Waals surface area contributed by atoms with Crippen LogP contribution in [0.5, 0.6) is 5.75 Å². The maximum absolute atomic E-state index is 10.8. The molecule has 3 nitrogen and oxygen atoms in total. The van der Waals surface area contributed by atoms with Crippen LogP contribution in [0.4, 0.5) is 0 Å². The number of rotatable bonds is 3. The zero-order valence-corrected chi connectivity index (χ0v) is 9.63. The molecular weight excluding hydrogens is 216 g/mol. The Morgan fingerprint density at radius 1 is 1.53 bits per heavy atom. The molecule has 0 radical (unpaired) electrons. The summed E-state index contributed by atoms with van der Waals surface area (Å²) < 4.78 is 5.07. The highest BCUT2D eigenvalue weighted by Gasteiger charge is 2.16. The van der Waals surface area contributed by atoms with E-state index in [9.17, 15) is 4.79 Å². The second-order valence-electron chi connectivity index (χ2n) is 3.41. The van der Waals surface area contributed by atoms with Gasteiger partial charge in [-0.2, -0.15) is 0 Å². The van der Waals surface area contributed by atoms with Crippen LogP contribution in [0.3, 0.4) is 0 Å². The minimum absolute atomic E-state index is 0.514. The van der Waals surface area contributed by atoms with E-state index in [1.54, 1.807) is 19.1 Å². The Morgan fingerprint density at radius 2 is 2.13 bits per heavy atom. The number of hydrogen-bond acceptors (Lipinski definition) is 2. The van der Waals surface area contributed by atoms with E-state index in [4.69, 9.17) is 21.4 Å². The fraction of sp³-hybridized carbons (Fsp3) is 0.364. The maximum Gasteiger partial charge on any atom is 0.310 e. The smallest absolute Gasteiger partial charge is 0.310 e. The first kappa shape index (κ1) is 11.9. The Bertz CT molecular complexity index is 388. The largest absolute Gasteiger partial charge is 0.495 e. The fourth-order valence-electron chi connectivity index (χ4n) is 1.31. The summed E-state index contributed by atoms with van der Waals surface area (Å²) >= 11 is 5.98. The van der Waals surface area contributed by atoms with E-state index in [1.807, 2.05) is 6.92 Å². The van der Waals surface area contributed by atoms with Crippen LogP contribution in [-0.4, -0.2) is 18.2 Å². The van der Waals surface area contributed by atoms with Gasteiger partial charge in [0, 0.05) is 0 Å². The van der Waals surface area contributed by atoms with Crippen molar-refractivity contribution >= 4 is 17.6 Å². The van der Waals surface area contributed by atoms with Gasteiger partial charge in [0.15, 0.2) is 0 Å². The SMILES string of the molecule is COc1cc(C(C)C(=O)O)cc(C)c1Cl. The summed E-state index contributed by atoms with van der Waals surface area (Å²) in [6.07, 6.45) is 0. The summed E-state index contributed by atoms with van der Waals surface area (Å²) in [6, 6.07) is 3.43. The molecule has 1 atom stereocenters. The summed E-state index contributed by atoms with van der Waals surface area (Å²) in [7, 11) is 1.51. The number of benzene rings is 1. The Balaban J connectivity index is 3.22. The minimum atomic E-state index is -0.862. The summed E-state index contributed by atoms with van der Waals surface area (Å²) in [5, 5.41) is 9.41. The van der Waals surface area contributed by atoms with Gasteiger partial charge in [-0.15, -0.1) is 0 Å². The van der Waals surface area contributed by atoms with Gasteiger partial charge in [-0.3, -0.25) is 4.79 Å². The van der Waals surface area contributed by atoms with Crippen molar-refractivity contribution in [2.45, 2.75) is 19.8 Å². The number of hydrogen-bond donors (Lipinski definition) is 1. The Morgan fingerprint density at radius 3 is 2.60 bits per heavy atom. The molecule has 0 saturated heterocycles. The number of carboxylic acids is 1. The van der Waals surface area contributed by atoms with E-state index in [1.165, 1.54) is 7.11 Å². The lowest BCUT2D eigenvalue weighted by atomic mass is 9.99. The molecule has 4 heteroatoms. The third kappa shape index (κ3) is 2.42. The Labute approximate surface area is 93.6 Å². The number of aliphatic carboxylic acids is 1. The van der Waals surface area contributed by atoms with E-state index in [0.717, 1.165) is 5.56 Å². The zero-order chi connectivity index (χ0) is 11.6. The molecule has 0 aromatic heterocycles. The van der Waals surface area contributed by atoms with Crippen molar-refractivity contribution in [2.24, 2.45) is 0 Å². The van der Waals surface area contributed by atoms with Gasteiger partial charge < -0.3 is 9.84 Å². The highest BCUT2D eigenvalue weighted by Crippen LogP contribution is 2.31. The predicted molar refractivity (Wildman–Crippen MR) is 58.8 cm³/mol. The third-order valence-electron chi connectivity index (χ3n) is 2.33. The van der Waals surface area contributed by atoms with E-state index in [0.29, 0.717) is 16.3 Å². The van der Waals surface area contributed by atoms with Crippen molar-refractivity contribution in [2.75, 3.05) is 7.11 Å². The van der Waals surface area contributed by atoms with Crippen molar-refractivity contribution < 1.29 is 14.6 Å². The molecule has 1 aromatic carbocycles. The van der Waals surface area contributed by atoms with Gasteiger partial charge in [0.2, 0.25) is 0 Å². The van der Waals surface area contributed by atoms with E-state index in [-0.39, 0.29) is 0 Å². The number of carbonyl (C=O) groups is 1. The van der Waals surface area contributed by atoms with Crippen molar-refractivity contribution in [1.29, 1.82) is 0 Å². The quantitative estimate of drug-likeness (QED) is 0.865. The van der Waals surface area contributed by atoms with Gasteiger partial charge in [-0.05, 0) is 31.0 Å². The number of carboxylic acid groups (broad SMARTS) is 1. The fourth-order valence-corrected chi connectivity index (χ4v) is 1.49. The van der Waals surface area contributed by atoms with Crippen LogP contribution >= 0.6 is 11.6 Å². The number of aryl methyl sites for hydroxylation is 1. The van der Waals surface area contributed by atoms with Crippen LogP contribution in [0.25, 0.3) is 0 Å². The highest BCUT2D eigenvalue weighted by molar-refractivity contribution is 6.32. The molecule has 0 bridgehead atoms. The first-order chi connectivity index (χ1) is 6.97. The summed E-state index contributed by atoms with van der Waals surface area (Å²) in [6.45, 7) is 3.45. The second kappa shape index (κ2) is 4.53. The van der Waals surface area contributed by atoms with E-state index in [2.05, 4.69) is 0 Å². The number of halogens is 1. The van der Waals surface area contributed by atoms with Crippen LogP contribution in [0.2, 0.25) is 5.02 Å². The van der Waals surface area contributed by atoms with Crippen LogP contribution in [0.1, 0.15) is 24.0 Å². The topological polar surface area (TPSA) is 46.5 Å². The van der Waals surface area contributed by atoms with Crippen LogP contribution in [-0.2, 0) is 4.79 Å². The predicted octanol–water partition coefficient (Wildman–Crippen LogP) is 2.85. The van der Waals surface area contributed by atoms with Gasteiger partial charge in [-0.25, -0.2) is 0 Å². The minimum Gasteiger partial charge on any atom is -0.495 e. The number of methoxy groups -OCH3 is 1. The van der Waals surface area contributed by atoms with Gasteiger partial charge in [0.05, 0.1) is 18.1 Å². The molecule has 1 N–H and O–H groups in total. The summed E-state index contributed by atoms with van der Waals surface area (Å²) in [4.78, 5) is 10.8. The summed E-state index contributed by atoms with van der Waals surface area (Å²) in [5.41, 5.74) is 1.51. The molecule has 0 aliphatic heterocycles. The lowest BCUT2D eigenvalue weighted by molar-refractivity contribution is -0.138. The van der Waals surface area contributed by atoms with Crippen molar-refractivity contribution in [3.05, 3.63) is 28.3 Å². The molecule has 0 amide bonds. The molecule has 1 aromatic rings. The highest BCUT2D eigenvalue weighted by atomic mass is 35.5. The zero-order valence-electron chi connectivity index (χ0n) is 8.87. The van der Waals surface area contributed by atoms with E-state index >= 15 is 0 Å². The van der Waals surface area contributed by atoms with Crippen LogP contribution < -0.4 is 4.74 Å².